The van der Waals surface area contributed by atoms with E-state index in [1.54, 1.807) is 18.2 Å². The Kier molecular flexibility index (Phi) is 10.7. The number of likely N-dealkylation sites (N-methyl/N-ethyl adjacent to an activating group) is 1. The lowest BCUT2D eigenvalue weighted by molar-refractivity contribution is -1.01. The monoisotopic (exact) mass is 856 g/mol. The normalized spacial score (nSPS) is 19.7. The molecule has 4 aromatic heterocycles. The molecule has 0 amide bonds. The van der Waals surface area contributed by atoms with Crippen molar-refractivity contribution < 1.29 is 33.7 Å². The zero-order valence-electron chi connectivity index (χ0n) is 34.4. The van der Waals surface area contributed by atoms with Crippen molar-refractivity contribution in [2.45, 2.75) is 52.1 Å². The van der Waals surface area contributed by atoms with E-state index in [1.165, 1.54) is 43.6 Å². The molecule has 0 atom stereocenters. The molecule has 2 fully saturated rings. The van der Waals surface area contributed by atoms with Crippen LogP contribution in [0.1, 0.15) is 48.6 Å². The number of benzene rings is 4. The number of nitrogens with zero attached hydrogens (tertiary/aromatic N) is 2. The van der Waals surface area contributed by atoms with E-state index in [4.69, 9.17) is 18.8 Å². The van der Waals surface area contributed by atoms with Gasteiger partial charge in [-0.2, -0.15) is 0 Å². The summed E-state index contributed by atoms with van der Waals surface area (Å²) in [4.78, 5) is 43.0. The molecule has 2 aliphatic heterocycles. The van der Waals surface area contributed by atoms with Gasteiger partial charge in [0.05, 0.1) is 73.6 Å². The van der Waals surface area contributed by atoms with Gasteiger partial charge in [-0.3, -0.25) is 9.59 Å². The van der Waals surface area contributed by atoms with Gasteiger partial charge in [-0.25, -0.2) is 9.97 Å². The van der Waals surface area contributed by atoms with Gasteiger partial charge in [-0.1, -0.05) is 31.2 Å². The number of hydrogen-bond donors (Lipinski definition) is 5. The largest absolute Gasteiger partial charge is 0.507 e. The van der Waals surface area contributed by atoms with Gasteiger partial charge in [0.25, 0.3) is 0 Å². The number of quaternary nitrogens is 3. The minimum atomic E-state index is -0.181. The van der Waals surface area contributed by atoms with Gasteiger partial charge in [-0.05, 0) is 79.6 Å². The lowest BCUT2D eigenvalue weighted by atomic mass is 9.96. The van der Waals surface area contributed by atoms with Crippen LogP contribution in [0.2, 0.25) is 0 Å². The van der Waals surface area contributed by atoms with Crippen molar-refractivity contribution in [3.05, 3.63) is 116 Å². The Morgan fingerprint density at radius 1 is 0.738 bits per heavy atom. The van der Waals surface area contributed by atoms with Crippen LogP contribution in [0.4, 0.5) is 0 Å². The second-order valence-corrected chi connectivity index (χ2v) is 19.3. The number of thiazole rings is 2. The number of aryl methyl sites for hydroxylation is 2. The van der Waals surface area contributed by atoms with Crippen LogP contribution in [0.3, 0.4) is 0 Å². The summed E-state index contributed by atoms with van der Waals surface area (Å²) in [7, 11) is 2.20. The van der Waals surface area contributed by atoms with E-state index < -0.39 is 0 Å². The molecule has 61 heavy (non-hydrogen) atoms. The summed E-state index contributed by atoms with van der Waals surface area (Å²) >= 11 is 2.91. The number of rotatable bonds is 10. The Balaban J connectivity index is 1.05. The molecule has 0 aliphatic carbocycles. The van der Waals surface area contributed by atoms with E-state index in [0.29, 0.717) is 104 Å². The van der Waals surface area contributed by atoms with Gasteiger partial charge in [-0.15, -0.1) is 22.7 Å². The predicted molar refractivity (Wildman–Crippen MR) is 241 cm³/mol. The number of phenolic OH excluding ortho intramolecular Hbond substituents is 2. The Hall–Kier alpha value is -5.44. The maximum Gasteiger partial charge on any atom is 0.203 e. The number of nitrogens with one attached hydrogen (secondary N) is 3. The lowest BCUT2D eigenvalue weighted by Crippen LogP contribution is -3.26. The van der Waals surface area contributed by atoms with E-state index in [2.05, 4.69) is 14.0 Å². The number of fused-ring (bicyclic) bond motifs is 4. The summed E-state index contributed by atoms with van der Waals surface area (Å²) in [6, 6.07) is 20.7. The lowest BCUT2D eigenvalue weighted by Gasteiger charge is -2.28. The third-order valence-electron chi connectivity index (χ3n) is 13.0. The zero-order chi connectivity index (χ0) is 41.8. The summed E-state index contributed by atoms with van der Waals surface area (Å²) in [5.41, 5.74) is 4.86. The molecule has 2 aliphatic rings. The highest BCUT2D eigenvalue weighted by Gasteiger charge is 2.29. The van der Waals surface area contributed by atoms with Crippen molar-refractivity contribution in [2.75, 3.05) is 46.3 Å². The van der Waals surface area contributed by atoms with E-state index >= 15 is 0 Å². The molecule has 6 heterocycles. The number of piperazine rings is 1. The standard InChI is InChI=1S/C48H47N5O6S2/c1-28-16-18-52(19-17-28)26-33-42(55)29(24-31-43(56)34(27-58-45(31)33)47-49-35-9-3-5-12-39(35)60-47)8-7-11-38-41(48-50-36-10-4-6-13-40(36)61-48)44(57)30-14-15-37(54)32(46(30)59-38)25-53-22-20-51(2)21-23-53/h3-6,9-10,12-15,24,27-28,54-55H,7-8,11,16-23,25-26H2,1-2H3/p+3. The average Bonchev–Trinajstić information content (AvgIpc) is 3.90. The van der Waals surface area contributed by atoms with Gasteiger partial charge >= 0.3 is 0 Å². The second kappa shape index (κ2) is 16.4. The minimum absolute atomic E-state index is 0.121. The maximum atomic E-state index is 14.7. The molecule has 0 bridgehead atoms. The van der Waals surface area contributed by atoms with Crippen molar-refractivity contribution in [3.8, 4) is 32.6 Å². The molecule has 2 saturated heterocycles. The highest BCUT2D eigenvalue weighted by atomic mass is 32.1. The maximum absolute atomic E-state index is 14.7. The van der Waals surface area contributed by atoms with Crippen LogP contribution >= 0.6 is 22.7 Å². The van der Waals surface area contributed by atoms with Gasteiger partial charge in [0.15, 0.2) is 5.58 Å². The van der Waals surface area contributed by atoms with Gasteiger partial charge in [0.1, 0.15) is 78.4 Å². The van der Waals surface area contributed by atoms with Crippen LogP contribution in [0.25, 0.3) is 63.5 Å². The first-order valence-corrected chi connectivity index (χ1v) is 23.1. The van der Waals surface area contributed by atoms with Crippen molar-refractivity contribution in [2.24, 2.45) is 5.92 Å². The molecular weight excluding hydrogens is 807 g/mol. The first-order chi connectivity index (χ1) is 29.7. The summed E-state index contributed by atoms with van der Waals surface area (Å²) in [6.07, 6.45) is 4.98. The fourth-order valence-electron chi connectivity index (χ4n) is 9.27. The number of phenols is 2. The molecule has 0 saturated carbocycles. The van der Waals surface area contributed by atoms with E-state index in [-0.39, 0.29) is 22.4 Å². The van der Waals surface area contributed by atoms with Crippen LogP contribution < -0.4 is 25.6 Å². The second-order valence-electron chi connectivity index (χ2n) is 17.2. The first-order valence-electron chi connectivity index (χ1n) is 21.5. The molecule has 13 heteroatoms. The fourth-order valence-corrected chi connectivity index (χ4v) is 11.3. The number of aromatic hydroxyl groups is 2. The molecule has 0 spiro atoms. The zero-order valence-corrected chi connectivity index (χ0v) is 36.1. The quantitative estimate of drug-likeness (QED) is 0.133. The van der Waals surface area contributed by atoms with E-state index in [9.17, 15) is 19.8 Å². The van der Waals surface area contributed by atoms with Gasteiger partial charge in [0, 0.05) is 6.42 Å². The van der Waals surface area contributed by atoms with E-state index in [1.807, 2.05) is 48.5 Å². The molecule has 8 aromatic rings. The number of para-hydroxylation sites is 2. The molecule has 0 radical (unpaired) electrons. The third-order valence-corrected chi connectivity index (χ3v) is 15.1. The summed E-state index contributed by atoms with van der Waals surface area (Å²) in [6.45, 7) is 9.30. The van der Waals surface area contributed by atoms with Gasteiger partial charge in [0.2, 0.25) is 10.9 Å². The number of piperidine rings is 1. The van der Waals surface area contributed by atoms with Crippen molar-refractivity contribution in [1.29, 1.82) is 0 Å². The Labute approximate surface area is 360 Å². The fraction of sp³-hybridized carbons (Fsp3) is 0.333. The van der Waals surface area contributed by atoms with Crippen LogP contribution in [-0.4, -0.2) is 66.5 Å². The highest BCUT2D eigenvalue weighted by Crippen LogP contribution is 2.37. The van der Waals surface area contributed by atoms with Crippen LogP contribution in [-0.2, 0) is 25.9 Å². The minimum Gasteiger partial charge on any atom is -0.507 e. The Bertz CT molecular complexity index is 3000. The number of aromatic nitrogens is 2. The van der Waals surface area contributed by atoms with Crippen LogP contribution in [0.15, 0.2) is 91.4 Å². The molecule has 10 rings (SSSR count). The predicted octanol–water partition coefficient (Wildman–Crippen LogP) is 4.77. The van der Waals surface area contributed by atoms with Gasteiger partial charge < -0.3 is 33.7 Å². The molecule has 11 nitrogen and oxygen atoms in total. The molecule has 4 aromatic carbocycles. The van der Waals surface area contributed by atoms with E-state index in [0.717, 1.165) is 72.5 Å². The van der Waals surface area contributed by atoms with Crippen molar-refractivity contribution >= 4 is 65.0 Å². The van der Waals surface area contributed by atoms with Crippen LogP contribution in [0.5, 0.6) is 11.5 Å². The summed E-state index contributed by atoms with van der Waals surface area (Å²) < 4.78 is 15.1. The Morgan fingerprint density at radius 3 is 2.11 bits per heavy atom. The summed E-state index contributed by atoms with van der Waals surface area (Å²) in [5.74, 6) is 1.42. The smallest absolute Gasteiger partial charge is 0.203 e. The third kappa shape index (κ3) is 7.63. The van der Waals surface area contributed by atoms with Crippen LogP contribution in [0, 0.1) is 5.92 Å². The topological polar surface area (TPSA) is 140 Å². The number of hydrogen-bond acceptors (Lipinski definition) is 10. The first kappa shape index (κ1) is 39.7. The Morgan fingerprint density at radius 2 is 1.39 bits per heavy atom. The molecule has 0 unspecified atom stereocenters. The highest BCUT2D eigenvalue weighted by molar-refractivity contribution is 7.22. The molecule has 312 valence electrons. The SMILES string of the molecule is CC1CC[NH+](Cc2c(O)c(CCCc3oc4c(C[NH+]5CC[NH+](C)CC5)c(O)ccc4c(=O)c3-c3nc4ccccc4s3)cc3c(=O)c(-c4nc5ccccc5s4)coc23)CC1. The number of likely N-dealkylation sites (tertiary alicyclic amines) is 1. The molecule has 5 N–H and O–H groups in total. The molecular formula is C48H50N5O6S2+3. The summed E-state index contributed by atoms with van der Waals surface area (Å²) in [5, 5.41) is 25.4. The average molecular weight is 857 g/mol. The van der Waals surface area contributed by atoms with Crippen molar-refractivity contribution in [1.82, 2.24) is 9.97 Å². The van der Waals surface area contributed by atoms with Crippen molar-refractivity contribution in [3.63, 3.8) is 0 Å².